The zero-order chi connectivity index (χ0) is 13.0. The lowest BCUT2D eigenvalue weighted by molar-refractivity contribution is -0.122. The molecule has 6 heteroatoms. The number of nitrogens with zero attached hydrogens (tertiary/aromatic N) is 2. The molecule has 2 rings (SSSR count). The number of hydrogen-bond donors (Lipinski definition) is 2. The molecule has 0 saturated carbocycles. The minimum atomic E-state index is -0.0363. The van der Waals surface area contributed by atoms with Crippen molar-refractivity contribution >= 4 is 11.7 Å². The van der Waals surface area contributed by atoms with E-state index >= 15 is 0 Å². The average molecular weight is 252 g/mol. The van der Waals surface area contributed by atoms with Gasteiger partial charge in [-0.2, -0.15) is 5.10 Å². The molecular formula is C12H20N4O2. The van der Waals surface area contributed by atoms with Crippen LogP contribution in [-0.4, -0.2) is 35.4 Å². The van der Waals surface area contributed by atoms with E-state index in [-0.39, 0.29) is 17.9 Å². The highest BCUT2D eigenvalue weighted by Crippen LogP contribution is 2.28. The third-order valence-corrected chi connectivity index (χ3v) is 3.38. The molecule has 6 nitrogen and oxygen atoms in total. The molecule has 1 aliphatic rings. The summed E-state index contributed by atoms with van der Waals surface area (Å²) >= 11 is 0. The van der Waals surface area contributed by atoms with Crippen LogP contribution in [0.25, 0.3) is 0 Å². The molecule has 1 saturated heterocycles. The summed E-state index contributed by atoms with van der Waals surface area (Å²) in [4.78, 5) is 11.8. The van der Waals surface area contributed by atoms with Crippen LogP contribution in [0.1, 0.15) is 19.8 Å². The molecule has 1 aromatic heterocycles. The van der Waals surface area contributed by atoms with Crippen molar-refractivity contribution in [1.29, 1.82) is 0 Å². The molecule has 0 aliphatic carbocycles. The van der Waals surface area contributed by atoms with Crippen LogP contribution in [0.15, 0.2) is 12.3 Å². The maximum atomic E-state index is 11.8. The van der Waals surface area contributed by atoms with Crippen LogP contribution >= 0.6 is 0 Å². The third kappa shape index (κ3) is 3.46. The summed E-state index contributed by atoms with van der Waals surface area (Å²) in [5.41, 5.74) is 5.64. The largest absolute Gasteiger partial charge is 0.382 e. The number of carbonyl (C=O) groups excluding carboxylic acids is 1. The lowest BCUT2D eigenvalue weighted by atomic mass is 9.82. The van der Waals surface area contributed by atoms with Gasteiger partial charge in [-0.15, -0.1) is 0 Å². The highest BCUT2D eigenvalue weighted by molar-refractivity contribution is 5.75. The summed E-state index contributed by atoms with van der Waals surface area (Å²) in [7, 11) is 0. The van der Waals surface area contributed by atoms with Crippen LogP contribution in [-0.2, 0) is 16.1 Å². The van der Waals surface area contributed by atoms with Crippen LogP contribution < -0.4 is 11.1 Å². The number of amides is 1. The Hall–Kier alpha value is -1.56. The van der Waals surface area contributed by atoms with Gasteiger partial charge in [-0.25, -0.2) is 0 Å². The van der Waals surface area contributed by atoms with Crippen LogP contribution in [0, 0.1) is 5.41 Å². The number of nitrogen functional groups attached to an aromatic ring is 1. The van der Waals surface area contributed by atoms with Crippen molar-refractivity contribution in [2.45, 2.75) is 26.3 Å². The van der Waals surface area contributed by atoms with Gasteiger partial charge < -0.3 is 15.8 Å². The molecular weight excluding hydrogens is 232 g/mol. The highest BCUT2D eigenvalue weighted by Gasteiger charge is 2.27. The summed E-state index contributed by atoms with van der Waals surface area (Å²) in [5.74, 6) is 0.394. The van der Waals surface area contributed by atoms with E-state index in [9.17, 15) is 4.79 Å². The van der Waals surface area contributed by atoms with Gasteiger partial charge in [0.25, 0.3) is 0 Å². The second kappa shape index (κ2) is 5.39. The summed E-state index contributed by atoms with van der Waals surface area (Å²) in [6.45, 7) is 4.64. The maximum Gasteiger partial charge on any atom is 0.241 e. The average Bonchev–Trinajstić information content (AvgIpc) is 2.73. The van der Waals surface area contributed by atoms with Gasteiger partial charge in [0.15, 0.2) is 0 Å². The molecule has 1 aromatic rings. The molecule has 2 heterocycles. The van der Waals surface area contributed by atoms with Crippen LogP contribution in [0.4, 0.5) is 5.82 Å². The van der Waals surface area contributed by atoms with E-state index in [1.807, 2.05) is 0 Å². The van der Waals surface area contributed by atoms with Crippen LogP contribution in [0.5, 0.6) is 0 Å². The Labute approximate surface area is 106 Å². The monoisotopic (exact) mass is 252 g/mol. The standard InChI is InChI=1S/C12H20N4O2/c1-12(3-6-18-7-4-12)9-14-11(17)8-16-5-2-10(13)15-16/h2,5H,3-4,6-9H2,1H3,(H2,13,15)(H,14,17). The number of nitrogens with two attached hydrogens (primary N) is 1. The fourth-order valence-electron chi connectivity index (χ4n) is 2.02. The first kappa shape index (κ1) is 12.9. The van der Waals surface area contributed by atoms with Gasteiger partial charge in [-0.3, -0.25) is 9.48 Å². The Bertz CT molecular complexity index is 410. The van der Waals surface area contributed by atoms with Crippen molar-refractivity contribution in [3.8, 4) is 0 Å². The zero-order valence-corrected chi connectivity index (χ0v) is 10.7. The third-order valence-electron chi connectivity index (χ3n) is 3.38. The Morgan fingerprint density at radius 1 is 1.61 bits per heavy atom. The van der Waals surface area contributed by atoms with E-state index in [1.54, 1.807) is 12.3 Å². The summed E-state index contributed by atoms with van der Waals surface area (Å²) in [5, 5.41) is 6.93. The Morgan fingerprint density at radius 3 is 2.94 bits per heavy atom. The molecule has 100 valence electrons. The Kier molecular flexibility index (Phi) is 3.86. The molecule has 0 atom stereocenters. The molecule has 18 heavy (non-hydrogen) atoms. The molecule has 0 unspecified atom stereocenters. The molecule has 1 aliphatic heterocycles. The van der Waals surface area contributed by atoms with Gasteiger partial charge in [0.05, 0.1) is 0 Å². The van der Waals surface area contributed by atoms with Gasteiger partial charge in [0, 0.05) is 26.0 Å². The lowest BCUT2D eigenvalue weighted by Crippen LogP contribution is -2.40. The number of ether oxygens (including phenoxy) is 1. The summed E-state index contributed by atoms with van der Waals surface area (Å²) < 4.78 is 6.87. The smallest absolute Gasteiger partial charge is 0.241 e. The van der Waals surface area contributed by atoms with Crippen LogP contribution in [0.2, 0.25) is 0 Å². The molecule has 1 amide bonds. The first-order valence-electron chi connectivity index (χ1n) is 6.21. The topological polar surface area (TPSA) is 82.2 Å². The second-order valence-corrected chi connectivity index (χ2v) is 5.14. The molecule has 0 aromatic carbocycles. The summed E-state index contributed by atoms with van der Waals surface area (Å²) in [6.07, 6.45) is 3.68. The molecule has 0 radical (unpaired) electrons. The molecule has 3 N–H and O–H groups in total. The Morgan fingerprint density at radius 2 is 2.33 bits per heavy atom. The lowest BCUT2D eigenvalue weighted by Gasteiger charge is -2.33. The summed E-state index contributed by atoms with van der Waals surface area (Å²) in [6, 6.07) is 1.67. The van der Waals surface area contributed by atoms with Crippen molar-refractivity contribution in [2.75, 3.05) is 25.5 Å². The fraction of sp³-hybridized carbons (Fsp3) is 0.667. The van der Waals surface area contributed by atoms with Crippen molar-refractivity contribution in [3.05, 3.63) is 12.3 Å². The zero-order valence-electron chi connectivity index (χ0n) is 10.7. The van der Waals surface area contributed by atoms with Crippen molar-refractivity contribution in [3.63, 3.8) is 0 Å². The van der Waals surface area contributed by atoms with Gasteiger partial charge in [-0.1, -0.05) is 6.92 Å². The van der Waals surface area contributed by atoms with Crippen LogP contribution in [0.3, 0.4) is 0 Å². The SMILES string of the molecule is CC1(CNC(=O)Cn2ccc(N)n2)CCOCC1. The van der Waals surface area contributed by atoms with Crippen molar-refractivity contribution in [2.24, 2.45) is 5.41 Å². The quantitative estimate of drug-likeness (QED) is 0.812. The molecule has 0 bridgehead atoms. The first-order chi connectivity index (χ1) is 8.57. The highest BCUT2D eigenvalue weighted by atomic mass is 16.5. The van der Waals surface area contributed by atoms with E-state index in [4.69, 9.17) is 10.5 Å². The van der Waals surface area contributed by atoms with E-state index in [0.717, 1.165) is 26.1 Å². The van der Waals surface area contributed by atoms with Crippen molar-refractivity contribution in [1.82, 2.24) is 15.1 Å². The fourth-order valence-corrected chi connectivity index (χ4v) is 2.02. The van der Waals surface area contributed by atoms with Gasteiger partial charge in [0.2, 0.25) is 5.91 Å². The van der Waals surface area contributed by atoms with Gasteiger partial charge >= 0.3 is 0 Å². The molecule has 0 spiro atoms. The maximum absolute atomic E-state index is 11.8. The predicted molar refractivity (Wildman–Crippen MR) is 67.8 cm³/mol. The normalized spacial score (nSPS) is 18.5. The predicted octanol–water partition coefficient (Wildman–Crippen LogP) is 0.398. The van der Waals surface area contributed by atoms with Gasteiger partial charge in [0.1, 0.15) is 12.4 Å². The number of carbonyl (C=O) groups is 1. The first-order valence-corrected chi connectivity index (χ1v) is 6.21. The number of hydrogen-bond acceptors (Lipinski definition) is 4. The number of rotatable bonds is 4. The van der Waals surface area contributed by atoms with E-state index in [0.29, 0.717) is 12.4 Å². The number of anilines is 1. The minimum Gasteiger partial charge on any atom is -0.382 e. The minimum absolute atomic E-state index is 0.0363. The number of aromatic nitrogens is 2. The van der Waals surface area contributed by atoms with Crippen molar-refractivity contribution < 1.29 is 9.53 Å². The van der Waals surface area contributed by atoms with E-state index < -0.39 is 0 Å². The Balaban J connectivity index is 1.77. The second-order valence-electron chi connectivity index (χ2n) is 5.14. The number of nitrogens with one attached hydrogen (secondary N) is 1. The van der Waals surface area contributed by atoms with Gasteiger partial charge in [-0.05, 0) is 24.3 Å². The van der Waals surface area contributed by atoms with E-state index in [1.165, 1.54) is 4.68 Å². The molecule has 1 fully saturated rings. The van der Waals surface area contributed by atoms with E-state index in [2.05, 4.69) is 17.3 Å².